The van der Waals surface area contributed by atoms with Crippen molar-refractivity contribution in [2.75, 3.05) is 13.2 Å². The van der Waals surface area contributed by atoms with E-state index in [1.165, 1.54) is 0 Å². The molecule has 1 aliphatic heterocycles. The summed E-state index contributed by atoms with van der Waals surface area (Å²) in [6.07, 6.45) is 3.57. The van der Waals surface area contributed by atoms with Gasteiger partial charge in [0.1, 0.15) is 6.23 Å². The van der Waals surface area contributed by atoms with Crippen LogP contribution in [0.25, 0.3) is 0 Å². The molecule has 4 nitrogen and oxygen atoms in total. The lowest BCUT2D eigenvalue weighted by molar-refractivity contribution is -0.00269. The highest BCUT2D eigenvalue weighted by molar-refractivity contribution is 4.87. The molecule has 4 N–H and O–H groups in total. The van der Waals surface area contributed by atoms with Crippen LogP contribution in [0.15, 0.2) is 0 Å². The lowest BCUT2D eigenvalue weighted by Crippen LogP contribution is -2.51. The van der Waals surface area contributed by atoms with E-state index in [0.29, 0.717) is 18.0 Å². The summed E-state index contributed by atoms with van der Waals surface area (Å²) >= 11 is 0. The van der Waals surface area contributed by atoms with Gasteiger partial charge in [0.25, 0.3) is 0 Å². The minimum Gasteiger partial charge on any atom is -0.381 e. The van der Waals surface area contributed by atoms with Crippen LogP contribution in [0.5, 0.6) is 0 Å². The van der Waals surface area contributed by atoms with Crippen molar-refractivity contribution in [3.63, 3.8) is 0 Å². The lowest BCUT2D eigenvalue weighted by Gasteiger charge is -2.38. The molecule has 14 heavy (non-hydrogen) atoms. The molecule has 82 valence electrons. The fourth-order valence-electron chi connectivity index (χ4n) is 2.21. The molecule has 0 spiro atoms. The SMILES string of the molecule is NC1CC(C(O)NC2CCOCC2)C1. The van der Waals surface area contributed by atoms with Gasteiger partial charge in [-0.05, 0) is 25.7 Å². The molecule has 2 rings (SSSR count). The van der Waals surface area contributed by atoms with Crippen molar-refractivity contribution in [3.05, 3.63) is 0 Å². The summed E-state index contributed by atoms with van der Waals surface area (Å²) < 4.78 is 5.26. The molecule has 1 saturated heterocycles. The second-order valence-electron chi connectivity index (χ2n) is 4.49. The standard InChI is InChI=1S/C10H20N2O2/c11-8-5-7(6-8)10(13)12-9-1-3-14-4-2-9/h7-10,12-13H,1-6,11H2. The van der Waals surface area contributed by atoms with Gasteiger partial charge >= 0.3 is 0 Å². The van der Waals surface area contributed by atoms with Crippen LogP contribution in [0.4, 0.5) is 0 Å². The first-order valence-corrected chi connectivity index (χ1v) is 5.53. The van der Waals surface area contributed by atoms with Gasteiger partial charge in [-0.2, -0.15) is 0 Å². The second kappa shape index (κ2) is 4.57. The van der Waals surface area contributed by atoms with E-state index in [1.54, 1.807) is 0 Å². The van der Waals surface area contributed by atoms with Crippen molar-refractivity contribution in [3.8, 4) is 0 Å². The molecule has 0 radical (unpaired) electrons. The second-order valence-corrected chi connectivity index (χ2v) is 4.49. The number of ether oxygens (including phenoxy) is 1. The summed E-state index contributed by atoms with van der Waals surface area (Å²) in [4.78, 5) is 0. The predicted octanol–water partition coefficient (Wildman–Crippen LogP) is -0.189. The number of aliphatic hydroxyl groups is 1. The molecular weight excluding hydrogens is 180 g/mol. The molecule has 1 saturated carbocycles. The van der Waals surface area contributed by atoms with Crippen molar-refractivity contribution in [2.24, 2.45) is 11.7 Å². The van der Waals surface area contributed by atoms with Gasteiger partial charge in [-0.25, -0.2) is 0 Å². The van der Waals surface area contributed by atoms with E-state index in [9.17, 15) is 5.11 Å². The van der Waals surface area contributed by atoms with Crippen LogP contribution in [0.1, 0.15) is 25.7 Å². The molecule has 2 fully saturated rings. The maximum atomic E-state index is 9.83. The summed E-state index contributed by atoms with van der Waals surface area (Å²) in [7, 11) is 0. The van der Waals surface area contributed by atoms with Gasteiger partial charge in [0.05, 0.1) is 0 Å². The maximum absolute atomic E-state index is 9.83. The number of nitrogens with two attached hydrogens (primary N) is 1. The van der Waals surface area contributed by atoms with Crippen LogP contribution in [-0.2, 0) is 4.74 Å². The Labute approximate surface area is 84.8 Å². The van der Waals surface area contributed by atoms with Gasteiger partial charge in [-0.1, -0.05) is 0 Å². The molecule has 1 unspecified atom stereocenters. The fourth-order valence-corrected chi connectivity index (χ4v) is 2.21. The van der Waals surface area contributed by atoms with Gasteiger partial charge in [-0.15, -0.1) is 0 Å². The molecule has 0 aromatic carbocycles. The van der Waals surface area contributed by atoms with E-state index >= 15 is 0 Å². The zero-order valence-electron chi connectivity index (χ0n) is 8.48. The third kappa shape index (κ3) is 2.45. The van der Waals surface area contributed by atoms with Gasteiger partial charge in [0.15, 0.2) is 0 Å². The monoisotopic (exact) mass is 200 g/mol. The first-order chi connectivity index (χ1) is 6.75. The molecular formula is C10H20N2O2. The maximum Gasteiger partial charge on any atom is 0.108 e. The van der Waals surface area contributed by atoms with E-state index in [0.717, 1.165) is 38.9 Å². The lowest BCUT2D eigenvalue weighted by atomic mass is 9.79. The first kappa shape index (κ1) is 10.4. The Balaban J connectivity index is 1.68. The minimum absolute atomic E-state index is 0.311. The molecule has 0 aromatic heterocycles. The van der Waals surface area contributed by atoms with Gasteiger partial charge < -0.3 is 15.6 Å². The van der Waals surface area contributed by atoms with E-state index in [2.05, 4.69) is 5.32 Å². The Hall–Kier alpha value is -0.160. The number of aliphatic hydroxyl groups excluding tert-OH is 1. The van der Waals surface area contributed by atoms with Crippen LogP contribution in [0.2, 0.25) is 0 Å². The summed E-state index contributed by atoms with van der Waals surface area (Å²) in [6.45, 7) is 1.63. The summed E-state index contributed by atoms with van der Waals surface area (Å²) in [5.41, 5.74) is 5.68. The fraction of sp³-hybridized carbons (Fsp3) is 1.00. The number of hydrogen-bond acceptors (Lipinski definition) is 4. The Kier molecular flexibility index (Phi) is 3.38. The molecule has 1 aliphatic carbocycles. The molecule has 0 amide bonds. The Morgan fingerprint density at radius 3 is 2.50 bits per heavy atom. The van der Waals surface area contributed by atoms with Crippen LogP contribution in [0.3, 0.4) is 0 Å². The van der Waals surface area contributed by atoms with Crippen LogP contribution in [0, 0.1) is 5.92 Å². The van der Waals surface area contributed by atoms with Crippen LogP contribution >= 0.6 is 0 Å². The quantitative estimate of drug-likeness (QED) is 0.552. The number of hydrogen-bond donors (Lipinski definition) is 3. The highest BCUT2D eigenvalue weighted by atomic mass is 16.5. The first-order valence-electron chi connectivity index (χ1n) is 5.53. The number of rotatable bonds is 3. The van der Waals surface area contributed by atoms with E-state index in [1.807, 2.05) is 0 Å². The van der Waals surface area contributed by atoms with Crippen LogP contribution < -0.4 is 11.1 Å². The number of nitrogens with one attached hydrogen (secondary N) is 1. The normalized spacial score (nSPS) is 36.4. The topological polar surface area (TPSA) is 67.5 Å². The van der Waals surface area contributed by atoms with E-state index in [-0.39, 0.29) is 6.23 Å². The van der Waals surface area contributed by atoms with Crippen molar-refractivity contribution >= 4 is 0 Å². The summed E-state index contributed by atoms with van der Waals surface area (Å²) in [6, 6.07) is 0.738. The minimum atomic E-state index is -0.363. The average molecular weight is 200 g/mol. The Bertz CT molecular complexity index is 177. The third-order valence-corrected chi connectivity index (χ3v) is 3.29. The van der Waals surface area contributed by atoms with E-state index in [4.69, 9.17) is 10.5 Å². The predicted molar refractivity (Wildman–Crippen MR) is 53.7 cm³/mol. The van der Waals surface area contributed by atoms with Crippen molar-refractivity contribution in [1.29, 1.82) is 0 Å². The Morgan fingerprint density at radius 2 is 1.93 bits per heavy atom. The zero-order valence-corrected chi connectivity index (χ0v) is 8.48. The van der Waals surface area contributed by atoms with E-state index < -0.39 is 0 Å². The van der Waals surface area contributed by atoms with Crippen molar-refractivity contribution in [2.45, 2.75) is 44.0 Å². The summed E-state index contributed by atoms with van der Waals surface area (Å²) in [5, 5.41) is 13.1. The largest absolute Gasteiger partial charge is 0.381 e. The molecule has 0 aromatic rings. The third-order valence-electron chi connectivity index (χ3n) is 3.29. The van der Waals surface area contributed by atoms with Crippen molar-refractivity contribution in [1.82, 2.24) is 5.32 Å². The molecule has 1 atom stereocenters. The van der Waals surface area contributed by atoms with Gasteiger partial charge in [0.2, 0.25) is 0 Å². The highest BCUT2D eigenvalue weighted by Crippen LogP contribution is 2.28. The zero-order chi connectivity index (χ0) is 9.97. The molecule has 0 bridgehead atoms. The smallest absolute Gasteiger partial charge is 0.108 e. The molecule has 4 heteroatoms. The Morgan fingerprint density at radius 1 is 1.29 bits per heavy atom. The summed E-state index contributed by atoms with van der Waals surface area (Å²) in [5.74, 6) is 0.368. The van der Waals surface area contributed by atoms with Gasteiger partial charge in [0, 0.05) is 31.2 Å². The van der Waals surface area contributed by atoms with Gasteiger partial charge in [-0.3, -0.25) is 5.32 Å². The molecule has 1 heterocycles. The highest BCUT2D eigenvalue weighted by Gasteiger charge is 2.33. The molecule has 2 aliphatic rings. The van der Waals surface area contributed by atoms with Crippen LogP contribution in [-0.4, -0.2) is 36.6 Å². The average Bonchev–Trinajstić information content (AvgIpc) is 2.14. The van der Waals surface area contributed by atoms with Crippen molar-refractivity contribution < 1.29 is 9.84 Å².